The molecule has 1 aliphatic carbocycles. The molecule has 24 heavy (non-hydrogen) atoms. The number of likely N-dealkylation sites (N-methyl/N-ethyl adjacent to an activating group) is 1. The van der Waals surface area contributed by atoms with Gasteiger partial charge in [0.2, 0.25) is 0 Å². The summed E-state index contributed by atoms with van der Waals surface area (Å²) >= 11 is 0. The zero-order valence-corrected chi connectivity index (χ0v) is 15.6. The topological polar surface area (TPSA) is 65.7 Å². The van der Waals surface area contributed by atoms with Gasteiger partial charge in [0.25, 0.3) is 0 Å². The Hall–Kier alpha value is -1.56. The molecule has 0 radical (unpaired) electrons. The summed E-state index contributed by atoms with van der Waals surface area (Å²) in [5.74, 6) is 2.15. The van der Waals surface area contributed by atoms with Crippen molar-refractivity contribution in [3.05, 3.63) is 17.5 Å². The molecule has 1 fully saturated rings. The molecule has 136 valence electrons. The smallest absolute Gasteiger partial charge is 0.191 e. The maximum Gasteiger partial charge on any atom is 0.191 e. The van der Waals surface area contributed by atoms with Gasteiger partial charge in [0.1, 0.15) is 0 Å². The first-order chi connectivity index (χ1) is 11.7. The van der Waals surface area contributed by atoms with Crippen LogP contribution in [0.1, 0.15) is 63.8 Å². The van der Waals surface area contributed by atoms with E-state index >= 15 is 0 Å². The largest absolute Gasteiger partial charge is 0.359 e. The Balaban J connectivity index is 1.73. The maximum absolute atomic E-state index is 5.44. The van der Waals surface area contributed by atoms with Gasteiger partial charge in [0, 0.05) is 38.2 Å². The number of nitrogens with one attached hydrogen (secondary N) is 2. The number of guanidine groups is 1. The number of nitrogens with zero attached hydrogens (tertiary/aromatic N) is 3. The molecule has 0 bridgehead atoms. The highest BCUT2D eigenvalue weighted by Crippen LogP contribution is 2.25. The lowest BCUT2D eigenvalue weighted by atomic mass is 9.99. The molecule has 0 aliphatic heterocycles. The van der Waals surface area contributed by atoms with Gasteiger partial charge in [-0.3, -0.25) is 9.89 Å². The van der Waals surface area contributed by atoms with Crippen molar-refractivity contribution in [1.82, 2.24) is 20.7 Å². The number of hydrogen-bond acceptors (Lipinski definition) is 4. The van der Waals surface area contributed by atoms with Gasteiger partial charge in [-0.25, -0.2) is 0 Å². The van der Waals surface area contributed by atoms with Crippen LogP contribution in [0.15, 0.2) is 15.6 Å². The van der Waals surface area contributed by atoms with Crippen LogP contribution in [0.25, 0.3) is 0 Å². The highest BCUT2D eigenvalue weighted by molar-refractivity contribution is 5.79. The minimum absolute atomic E-state index is 0.488. The molecule has 0 spiro atoms. The number of rotatable bonds is 10. The first kappa shape index (κ1) is 18.8. The molecule has 0 atom stereocenters. The van der Waals surface area contributed by atoms with Gasteiger partial charge in [-0.2, -0.15) is 0 Å². The summed E-state index contributed by atoms with van der Waals surface area (Å²) in [5.41, 5.74) is 1.06. The van der Waals surface area contributed by atoms with Crippen LogP contribution in [-0.2, 0) is 6.54 Å². The third-order valence-electron chi connectivity index (χ3n) is 4.80. The minimum Gasteiger partial charge on any atom is -0.359 e. The molecule has 0 amide bonds. The Morgan fingerprint density at radius 3 is 2.67 bits per heavy atom. The first-order valence-electron chi connectivity index (χ1n) is 9.35. The number of hydrogen-bond donors (Lipinski definition) is 2. The second-order valence-corrected chi connectivity index (χ2v) is 6.44. The van der Waals surface area contributed by atoms with Crippen molar-refractivity contribution in [2.24, 2.45) is 4.99 Å². The molecule has 1 aromatic heterocycles. The summed E-state index contributed by atoms with van der Waals surface area (Å²) in [6.07, 6.45) is 4.89. The van der Waals surface area contributed by atoms with Gasteiger partial charge in [-0.15, -0.1) is 0 Å². The number of aromatic nitrogens is 1. The highest BCUT2D eigenvalue weighted by Gasteiger charge is 2.27. The molecule has 0 aromatic carbocycles. The minimum atomic E-state index is 0.488. The Morgan fingerprint density at radius 1 is 1.33 bits per heavy atom. The van der Waals surface area contributed by atoms with Crippen molar-refractivity contribution in [3.8, 4) is 0 Å². The van der Waals surface area contributed by atoms with Crippen LogP contribution >= 0.6 is 0 Å². The Labute approximate surface area is 146 Å². The first-order valence-corrected chi connectivity index (χ1v) is 9.35. The van der Waals surface area contributed by atoms with Crippen LogP contribution in [0.4, 0.5) is 0 Å². The van der Waals surface area contributed by atoms with Crippen LogP contribution in [0, 0.1) is 0 Å². The van der Waals surface area contributed by atoms with E-state index in [0.29, 0.717) is 12.5 Å². The fraction of sp³-hybridized carbons (Fsp3) is 0.778. The normalized spacial score (nSPS) is 15.3. The lowest BCUT2D eigenvalue weighted by Crippen LogP contribution is -2.41. The molecule has 1 heterocycles. The molecule has 0 saturated heterocycles. The third-order valence-corrected chi connectivity index (χ3v) is 4.80. The van der Waals surface area contributed by atoms with Crippen molar-refractivity contribution in [2.45, 2.75) is 65.0 Å². The second-order valence-electron chi connectivity index (χ2n) is 6.44. The summed E-state index contributed by atoms with van der Waals surface area (Å²) in [6, 6.07) is 2.87. The van der Waals surface area contributed by atoms with E-state index in [1.54, 1.807) is 7.05 Å². The maximum atomic E-state index is 5.44. The van der Waals surface area contributed by atoms with Crippen molar-refractivity contribution < 1.29 is 4.52 Å². The summed E-state index contributed by atoms with van der Waals surface area (Å²) in [4.78, 5) is 6.80. The van der Waals surface area contributed by atoms with Gasteiger partial charge in [0.05, 0.1) is 12.2 Å². The molecule has 6 nitrogen and oxygen atoms in total. The van der Waals surface area contributed by atoms with Gasteiger partial charge >= 0.3 is 0 Å². The lowest BCUT2D eigenvalue weighted by molar-refractivity contribution is 0.282. The molecule has 2 N–H and O–H groups in total. The van der Waals surface area contributed by atoms with E-state index in [4.69, 9.17) is 4.52 Å². The van der Waals surface area contributed by atoms with Crippen molar-refractivity contribution in [2.75, 3.05) is 26.7 Å². The predicted molar refractivity (Wildman–Crippen MR) is 98.3 cm³/mol. The van der Waals surface area contributed by atoms with Gasteiger partial charge in [0.15, 0.2) is 11.7 Å². The summed E-state index contributed by atoms with van der Waals surface area (Å²) in [5, 5.41) is 10.9. The van der Waals surface area contributed by atoms with Crippen molar-refractivity contribution in [1.29, 1.82) is 0 Å². The van der Waals surface area contributed by atoms with Crippen LogP contribution in [0.2, 0.25) is 0 Å². The Kier molecular flexibility index (Phi) is 7.56. The zero-order valence-electron chi connectivity index (χ0n) is 15.6. The highest BCUT2D eigenvalue weighted by atomic mass is 16.5. The molecule has 1 aromatic rings. The van der Waals surface area contributed by atoms with E-state index < -0.39 is 0 Å². The molecule has 1 saturated carbocycles. The van der Waals surface area contributed by atoms with E-state index in [1.165, 1.54) is 12.8 Å². The zero-order chi connectivity index (χ0) is 17.4. The third kappa shape index (κ3) is 5.51. The van der Waals surface area contributed by atoms with Crippen LogP contribution < -0.4 is 10.6 Å². The fourth-order valence-corrected chi connectivity index (χ4v) is 3.06. The van der Waals surface area contributed by atoms with Gasteiger partial charge in [-0.1, -0.05) is 25.9 Å². The summed E-state index contributed by atoms with van der Waals surface area (Å²) in [7, 11) is 1.80. The molecule has 2 rings (SSSR count). The molecular formula is C18H33N5O. The predicted octanol–water partition coefficient (Wildman–Crippen LogP) is 2.73. The van der Waals surface area contributed by atoms with E-state index in [0.717, 1.165) is 55.9 Å². The van der Waals surface area contributed by atoms with Crippen molar-refractivity contribution >= 4 is 5.96 Å². The Bertz CT molecular complexity index is 505. The van der Waals surface area contributed by atoms with E-state index in [1.807, 2.05) is 0 Å². The van der Waals surface area contributed by atoms with E-state index in [2.05, 4.69) is 52.5 Å². The van der Waals surface area contributed by atoms with E-state index in [9.17, 15) is 0 Å². The summed E-state index contributed by atoms with van der Waals surface area (Å²) in [6.45, 7) is 10.3. The van der Waals surface area contributed by atoms with Crippen LogP contribution in [-0.4, -0.2) is 48.7 Å². The van der Waals surface area contributed by atoms with Gasteiger partial charge < -0.3 is 15.2 Å². The fourth-order valence-electron chi connectivity index (χ4n) is 3.06. The lowest BCUT2D eigenvalue weighted by Gasteiger charge is -2.20. The van der Waals surface area contributed by atoms with E-state index in [-0.39, 0.29) is 0 Å². The standard InChI is InChI=1S/C18H33N5O/c1-5-14(6-2)17-12-16(24-22-17)13-21-18(19-4)20-10-11-23(7-3)15-8-9-15/h12,14-15H,5-11,13H2,1-4H3,(H2,19,20,21). The molecular weight excluding hydrogens is 302 g/mol. The monoisotopic (exact) mass is 335 g/mol. The average Bonchev–Trinajstić information content (AvgIpc) is 3.34. The second kappa shape index (κ2) is 9.67. The van der Waals surface area contributed by atoms with Crippen molar-refractivity contribution in [3.63, 3.8) is 0 Å². The molecule has 1 aliphatic rings. The quantitative estimate of drug-likeness (QED) is 0.508. The Morgan fingerprint density at radius 2 is 2.08 bits per heavy atom. The van der Waals surface area contributed by atoms with Crippen LogP contribution in [0.3, 0.4) is 0 Å². The SMILES string of the molecule is CCC(CC)c1cc(CNC(=NC)NCCN(CC)C2CC2)on1. The molecule has 0 unspecified atom stereocenters. The van der Waals surface area contributed by atoms with Crippen LogP contribution in [0.5, 0.6) is 0 Å². The molecule has 6 heteroatoms. The van der Waals surface area contributed by atoms with Gasteiger partial charge in [-0.05, 0) is 32.2 Å². The number of aliphatic imine (C=N–C) groups is 1. The average molecular weight is 335 g/mol. The summed E-state index contributed by atoms with van der Waals surface area (Å²) < 4.78 is 5.44.